The van der Waals surface area contributed by atoms with Gasteiger partial charge in [0.05, 0.1) is 23.5 Å². The number of hydrogen-bond acceptors (Lipinski definition) is 9. The van der Waals surface area contributed by atoms with Crippen LogP contribution < -0.4 is 16.4 Å². The Morgan fingerprint density at radius 1 is 1.19 bits per heavy atom. The summed E-state index contributed by atoms with van der Waals surface area (Å²) >= 11 is 0. The summed E-state index contributed by atoms with van der Waals surface area (Å²) in [5.41, 5.74) is 3.10. The van der Waals surface area contributed by atoms with Crippen molar-refractivity contribution in [1.29, 1.82) is 0 Å². The lowest BCUT2D eigenvalue weighted by Crippen LogP contribution is -2.65. The van der Waals surface area contributed by atoms with Crippen molar-refractivity contribution < 1.29 is 39.2 Å². The van der Waals surface area contributed by atoms with Crippen molar-refractivity contribution in [2.24, 2.45) is 11.7 Å². The fraction of sp³-hybridized carbons (Fsp3) is 0.778. The molecular weight excluding hydrogens is 550 g/mol. The first-order valence-corrected chi connectivity index (χ1v) is 14.6. The Morgan fingerprint density at radius 3 is 2.45 bits per heavy atom. The topological polar surface area (TPSA) is 222 Å². The number of ether oxygens (including phenoxy) is 1. The predicted octanol–water partition coefficient (Wildman–Crippen LogP) is -0.234. The van der Waals surface area contributed by atoms with Gasteiger partial charge in [0.25, 0.3) is 0 Å². The summed E-state index contributed by atoms with van der Waals surface area (Å²) in [4.78, 5) is 53.1. The molecule has 0 aromatic carbocycles. The predicted molar refractivity (Wildman–Crippen MR) is 147 cm³/mol. The molecule has 1 saturated carbocycles. The van der Waals surface area contributed by atoms with Crippen LogP contribution in [-0.4, -0.2) is 103 Å². The number of amides is 4. The number of carboxylic acid groups (broad SMARTS) is 1. The van der Waals surface area contributed by atoms with Crippen LogP contribution in [0.4, 0.5) is 4.79 Å². The first-order chi connectivity index (χ1) is 19.8. The highest BCUT2D eigenvalue weighted by Gasteiger charge is 2.49. The molecular formula is C27H43N7O8. The number of aliphatic hydroxyl groups is 2. The second-order valence-corrected chi connectivity index (χ2v) is 12.3. The molecule has 0 radical (unpaired) electrons. The van der Waals surface area contributed by atoms with Crippen LogP contribution in [0, 0.1) is 5.92 Å². The molecule has 4 amide bonds. The number of rotatable bonds is 10. The number of nitrogens with zero attached hydrogens (tertiary/aromatic N) is 4. The highest BCUT2D eigenvalue weighted by atomic mass is 16.5. The number of primary amides is 1. The van der Waals surface area contributed by atoms with Gasteiger partial charge in [-0.05, 0) is 39.0 Å². The molecule has 42 heavy (non-hydrogen) atoms. The number of nitrogens with two attached hydrogens (primary N) is 1. The molecule has 1 aromatic heterocycles. The van der Waals surface area contributed by atoms with Crippen molar-refractivity contribution in [3.63, 3.8) is 0 Å². The second kappa shape index (κ2) is 12.9. The van der Waals surface area contributed by atoms with Crippen molar-refractivity contribution in [2.75, 3.05) is 19.8 Å². The third-order valence-electron chi connectivity index (χ3n) is 8.85. The zero-order valence-electron chi connectivity index (χ0n) is 24.2. The molecule has 3 aliphatic rings. The summed E-state index contributed by atoms with van der Waals surface area (Å²) < 4.78 is 6.87. The first kappa shape index (κ1) is 31.6. The monoisotopic (exact) mass is 593 g/mol. The first-order valence-electron chi connectivity index (χ1n) is 14.6. The van der Waals surface area contributed by atoms with Gasteiger partial charge < -0.3 is 41.3 Å². The number of aromatic nitrogens is 3. The molecule has 1 aliphatic carbocycles. The van der Waals surface area contributed by atoms with Gasteiger partial charge in [-0.3, -0.25) is 14.4 Å². The van der Waals surface area contributed by atoms with Gasteiger partial charge in [0.1, 0.15) is 17.7 Å². The summed E-state index contributed by atoms with van der Waals surface area (Å²) in [7, 11) is 0. The molecule has 0 bridgehead atoms. The molecule has 4 rings (SSSR count). The van der Waals surface area contributed by atoms with Crippen LogP contribution in [0.1, 0.15) is 83.4 Å². The Hall–Kier alpha value is -3.30. The molecule has 4 atom stereocenters. The Labute approximate surface area is 244 Å². The van der Waals surface area contributed by atoms with Crippen LogP contribution in [0.5, 0.6) is 0 Å². The standard InChI is InChI=1S/C27H43N7O8/c1-26(2,41)20-14-29-32-34(20)17-13-19(23(37)31-27(21(35)22(28)36)8-10-42-11-9-27)33(15-17)24(38)18(30-25(39)40)12-16-6-4-3-5-7-16/h14,16-19,21,30,35,41H,3-13,15H2,1-2H3,(H2,28,36)(H,31,37)(H,39,40)/t17-,18+,19-,21?/m0/s1. The van der Waals surface area contributed by atoms with E-state index in [4.69, 9.17) is 10.5 Å². The van der Waals surface area contributed by atoms with Crippen LogP contribution >= 0.6 is 0 Å². The minimum atomic E-state index is -1.68. The molecule has 3 fully saturated rings. The van der Waals surface area contributed by atoms with Gasteiger partial charge in [-0.2, -0.15) is 0 Å². The fourth-order valence-corrected chi connectivity index (χ4v) is 6.56. The molecule has 234 valence electrons. The van der Waals surface area contributed by atoms with E-state index in [1.54, 1.807) is 13.8 Å². The maximum Gasteiger partial charge on any atom is 0.405 e. The SMILES string of the molecule is CC(C)(O)c1cnnn1[C@H]1C[C@@H](C(=O)NC2(C(O)C(N)=O)CCOCC2)N(C(=O)[C@@H](CC2CCCCC2)NC(=O)O)C1. The molecule has 15 nitrogen and oxygen atoms in total. The third kappa shape index (κ3) is 7.01. The van der Waals surface area contributed by atoms with Gasteiger partial charge >= 0.3 is 6.09 Å². The lowest BCUT2D eigenvalue weighted by Gasteiger charge is -2.41. The van der Waals surface area contributed by atoms with Crippen LogP contribution in [0.2, 0.25) is 0 Å². The van der Waals surface area contributed by atoms with E-state index in [1.807, 2.05) is 0 Å². The Bertz CT molecular complexity index is 1140. The number of carbonyl (C=O) groups is 4. The maximum absolute atomic E-state index is 14.1. The number of carbonyl (C=O) groups excluding carboxylic acids is 3. The average molecular weight is 594 g/mol. The Morgan fingerprint density at radius 2 is 1.86 bits per heavy atom. The van der Waals surface area contributed by atoms with Crippen molar-refractivity contribution in [2.45, 2.75) is 107 Å². The molecule has 2 aliphatic heterocycles. The van der Waals surface area contributed by atoms with Gasteiger partial charge in [0.15, 0.2) is 6.10 Å². The molecule has 3 heterocycles. The third-order valence-corrected chi connectivity index (χ3v) is 8.85. The van der Waals surface area contributed by atoms with E-state index < -0.39 is 59.2 Å². The van der Waals surface area contributed by atoms with Gasteiger partial charge in [0.2, 0.25) is 17.7 Å². The van der Waals surface area contributed by atoms with Crippen molar-refractivity contribution in [1.82, 2.24) is 30.5 Å². The average Bonchev–Trinajstić information content (AvgIpc) is 3.61. The van der Waals surface area contributed by atoms with Gasteiger partial charge in [-0.25, -0.2) is 9.48 Å². The number of hydrogen-bond donors (Lipinski definition) is 6. The summed E-state index contributed by atoms with van der Waals surface area (Å²) in [6, 6.07) is -2.73. The Balaban J connectivity index is 1.65. The van der Waals surface area contributed by atoms with Gasteiger partial charge in [-0.15, -0.1) is 5.10 Å². The van der Waals surface area contributed by atoms with Crippen LogP contribution in [0.15, 0.2) is 6.20 Å². The molecule has 7 N–H and O–H groups in total. The zero-order valence-corrected chi connectivity index (χ0v) is 24.2. The van der Waals surface area contributed by atoms with Crippen molar-refractivity contribution in [3.05, 3.63) is 11.9 Å². The number of aliphatic hydroxyl groups excluding tert-OH is 1. The Kier molecular flexibility index (Phi) is 9.73. The number of nitrogens with one attached hydrogen (secondary N) is 2. The van der Waals surface area contributed by atoms with E-state index in [1.165, 1.54) is 15.8 Å². The molecule has 1 aromatic rings. The maximum atomic E-state index is 14.1. The highest BCUT2D eigenvalue weighted by Crippen LogP contribution is 2.34. The fourth-order valence-electron chi connectivity index (χ4n) is 6.56. The van der Waals surface area contributed by atoms with E-state index >= 15 is 0 Å². The van der Waals surface area contributed by atoms with Gasteiger partial charge in [-0.1, -0.05) is 37.3 Å². The largest absolute Gasteiger partial charge is 0.465 e. The van der Waals surface area contributed by atoms with E-state index in [0.29, 0.717) is 12.1 Å². The summed E-state index contributed by atoms with van der Waals surface area (Å²) in [5.74, 6) is -2.00. The normalized spacial score (nSPS) is 24.5. The van der Waals surface area contributed by atoms with E-state index in [0.717, 1.165) is 32.1 Å². The molecule has 15 heteroatoms. The molecule has 0 spiro atoms. The van der Waals surface area contributed by atoms with E-state index in [9.17, 15) is 34.5 Å². The number of likely N-dealkylation sites (tertiary alicyclic amines) is 1. The summed E-state index contributed by atoms with van der Waals surface area (Å²) in [6.07, 6.45) is 3.93. The van der Waals surface area contributed by atoms with Gasteiger partial charge in [0, 0.05) is 26.2 Å². The van der Waals surface area contributed by atoms with E-state index in [-0.39, 0.29) is 44.9 Å². The van der Waals surface area contributed by atoms with Crippen LogP contribution in [0.25, 0.3) is 0 Å². The smallest absolute Gasteiger partial charge is 0.405 e. The summed E-state index contributed by atoms with van der Waals surface area (Å²) in [5, 5.41) is 44.2. The molecule has 1 unspecified atom stereocenters. The zero-order chi connectivity index (χ0) is 30.7. The van der Waals surface area contributed by atoms with E-state index in [2.05, 4.69) is 20.9 Å². The van der Waals surface area contributed by atoms with Crippen molar-refractivity contribution >= 4 is 23.8 Å². The summed E-state index contributed by atoms with van der Waals surface area (Å²) in [6.45, 7) is 3.50. The lowest BCUT2D eigenvalue weighted by atomic mass is 9.83. The lowest BCUT2D eigenvalue weighted by molar-refractivity contribution is -0.145. The molecule has 2 saturated heterocycles. The highest BCUT2D eigenvalue weighted by molar-refractivity contribution is 5.92. The van der Waals surface area contributed by atoms with Crippen LogP contribution in [0.3, 0.4) is 0 Å². The van der Waals surface area contributed by atoms with Crippen molar-refractivity contribution in [3.8, 4) is 0 Å². The second-order valence-electron chi connectivity index (χ2n) is 12.3. The minimum absolute atomic E-state index is 0.000307. The minimum Gasteiger partial charge on any atom is -0.465 e. The van der Waals surface area contributed by atoms with Crippen LogP contribution in [-0.2, 0) is 24.7 Å². The quantitative estimate of drug-likeness (QED) is 0.209.